The lowest BCUT2D eigenvalue weighted by Gasteiger charge is -2.34. The van der Waals surface area contributed by atoms with Crippen molar-refractivity contribution in [1.29, 1.82) is 0 Å². The van der Waals surface area contributed by atoms with E-state index in [2.05, 4.69) is 33.0 Å². The third kappa shape index (κ3) is 11.9. The van der Waals surface area contributed by atoms with Crippen molar-refractivity contribution in [2.75, 3.05) is 0 Å². The average molecular weight is 761 g/mol. The highest BCUT2D eigenvalue weighted by Gasteiger charge is 2.52. The third-order valence-electron chi connectivity index (χ3n) is 10.8. The van der Waals surface area contributed by atoms with Gasteiger partial charge in [0.15, 0.2) is 0 Å². The van der Waals surface area contributed by atoms with Crippen LogP contribution in [-0.4, -0.2) is 65.5 Å². The molecular formula is C43H60N2O6SSi. The second kappa shape index (κ2) is 18.0. The number of ether oxygens (including phenoxy) is 1. The average Bonchev–Trinajstić information content (AvgIpc) is 3.54. The van der Waals surface area contributed by atoms with Gasteiger partial charge in [0.25, 0.3) is 0 Å². The lowest BCUT2D eigenvalue weighted by atomic mass is 9.72. The van der Waals surface area contributed by atoms with Crippen molar-refractivity contribution >= 4 is 48.2 Å². The van der Waals surface area contributed by atoms with Crippen LogP contribution >= 0.6 is 11.3 Å². The molecule has 10 heteroatoms. The molecule has 2 saturated heterocycles. The van der Waals surface area contributed by atoms with Gasteiger partial charge in [-0.05, 0) is 49.7 Å². The van der Waals surface area contributed by atoms with E-state index in [1.54, 1.807) is 32.1 Å². The maximum Gasteiger partial charge on any atom is 0.346 e. The molecule has 1 aromatic heterocycles. The van der Waals surface area contributed by atoms with Gasteiger partial charge in [-0.3, -0.25) is 9.59 Å². The van der Waals surface area contributed by atoms with Gasteiger partial charge in [-0.25, -0.2) is 4.98 Å². The summed E-state index contributed by atoms with van der Waals surface area (Å²) >= 11 is 1.65. The van der Waals surface area contributed by atoms with E-state index in [0.717, 1.165) is 52.3 Å². The summed E-state index contributed by atoms with van der Waals surface area (Å²) in [5.41, 5.74) is 0.574. The Balaban J connectivity index is 0.000000371. The molecule has 3 heterocycles. The molecule has 3 aromatic rings. The number of hydrogen-bond donors (Lipinski definition) is 3. The van der Waals surface area contributed by atoms with E-state index in [1.165, 1.54) is 0 Å². The number of aromatic nitrogens is 1. The Hall–Kier alpha value is -3.15. The number of nitrogens with zero attached hydrogens (tertiary/aromatic N) is 1. The fourth-order valence-corrected chi connectivity index (χ4v) is 9.39. The second-order valence-corrected chi connectivity index (χ2v) is 19.8. The topological polar surface area (TPSA) is 129 Å². The van der Waals surface area contributed by atoms with Crippen LogP contribution in [0.5, 0.6) is 0 Å². The van der Waals surface area contributed by atoms with Crippen LogP contribution in [0.3, 0.4) is 0 Å². The van der Waals surface area contributed by atoms with E-state index in [1.807, 2.05) is 86.0 Å². The molecule has 288 valence electrons. The number of carbonyl (C=O) groups excluding carboxylic acids is 2. The van der Waals surface area contributed by atoms with Gasteiger partial charge >= 0.3 is 8.68 Å². The van der Waals surface area contributed by atoms with Crippen molar-refractivity contribution < 1.29 is 29.0 Å². The summed E-state index contributed by atoms with van der Waals surface area (Å²) in [6.45, 7) is 17.7. The van der Waals surface area contributed by atoms with Crippen molar-refractivity contribution in [1.82, 2.24) is 10.3 Å². The molecule has 7 atom stereocenters. The summed E-state index contributed by atoms with van der Waals surface area (Å²) in [6.07, 6.45) is 3.90. The zero-order valence-corrected chi connectivity index (χ0v) is 34.8. The van der Waals surface area contributed by atoms with Crippen LogP contribution in [0, 0.1) is 22.7 Å². The molecule has 0 unspecified atom stereocenters. The standard InChI is InChI=1S/C31H50N2O5S.C12H10OSi/c1-18-11-10-12-31(9)24(38-31)14-22(19(2)13-21-17-39-26(32-21)16-29(4,5)6)33-25(35)15-23(34)30(7,8)28(37)20(3)27(18)36;13-14(11-7-3-1-4-8-11)12-9-5-2-6-10-12/h13,17-18,20,22-24,27,34,36H,10-12,14-16H2,1-9H3,(H,33,35);1-10H/b19-13+;/t18-,20+,22-,23-,24-,27-,31+;/m0./s1. The van der Waals surface area contributed by atoms with Gasteiger partial charge in [-0.1, -0.05) is 116 Å². The first-order chi connectivity index (χ1) is 24.8. The predicted octanol–water partition coefficient (Wildman–Crippen LogP) is 6.55. The number of nitrogens with one attached hydrogen (secondary N) is 1. The molecule has 0 radical (unpaired) electrons. The van der Waals surface area contributed by atoms with Gasteiger partial charge in [0, 0.05) is 34.5 Å². The molecule has 0 aliphatic carbocycles. The fraction of sp³-hybridized carbons (Fsp3) is 0.558. The van der Waals surface area contributed by atoms with Crippen LogP contribution in [0.2, 0.25) is 0 Å². The molecule has 0 bridgehead atoms. The van der Waals surface area contributed by atoms with Gasteiger partial charge in [0.2, 0.25) is 5.91 Å². The quantitative estimate of drug-likeness (QED) is 0.199. The van der Waals surface area contributed by atoms with Crippen molar-refractivity contribution in [3.63, 3.8) is 0 Å². The maximum atomic E-state index is 13.3. The Labute approximate surface area is 322 Å². The Morgan fingerprint density at radius 1 is 1.02 bits per heavy atom. The number of rotatable bonds is 5. The van der Waals surface area contributed by atoms with Crippen molar-refractivity contribution in [3.8, 4) is 0 Å². The molecule has 3 N–H and O–H groups in total. The van der Waals surface area contributed by atoms with Crippen LogP contribution in [0.25, 0.3) is 6.08 Å². The summed E-state index contributed by atoms with van der Waals surface area (Å²) in [5, 5.41) is 30.0. The smallest absolute Gasteiger partial charge is 0.346 e. The Kier molecular flexibility index (Phi) is 14.5. The minimum atomic E-state index is -1.79. The number of ketones is 1. The Bertz CT molecular complexity index is 1680. The molecule has 0 saturated carbocycles. The largest absolute Gasteiger partial charge is 0.392 e. The first kappa shape index (κ1) is 42.6. The minimum absolute atomic E-state index is 0.00744. The molecule has 2 fully saturated rings. The highest BCUT2D eigenvalue weighted by Crippen LogP contribution is 2.44. The second-order valence-electron chi connectivity index (χ2n) is 17.1. The summed E-state index contributed by atoms with van der Waals surface area (Å²) in [7, 11) is -1.79. The zero-order chi connectivity index (χ0) is 39.1. The zero-order valence-electron chi connectivity index (χ0n) is 33.0. The Morgan fingerprint density at radius 3 is 2.17 bits per heavy atom. The van der Waals surface area contributed by atoms with Crippen LogP contribution in [0.1, 0.15) is 105 Å². The number of thiazole rings is 1. The summed E-state index contributed by atoms with van der Waals surface area (Å²) in [4.78, 5) is 31.3. The molecule has 8 nitrogen and oxygen atoms in total. The monoisotopic (exact) mass is 760 g/mol. The van der Waals surface area contributed by atoms with E-state index in [4.69, 9.17) is 9.72 Å². The van der Waals surface area contributed by atoms with Gasteiger partial charge in [0.05, 0.1) is 52.5 Å². The lowest BCUT2D eigenvalue weighted by Crippen LogP contribution is -2.47. The van der Waals surface area contributed by atoms with E-state index in [0.29, 0.717) is 6.42 Å². The van der Waals surface area contributed by atoms with Crippen LogP contribution in [0.15, 0.2) is 71.6 Å². The van der Waals surface area contributed by atoms with E-state index < -0.39 is 32.2 Å². The van der Waals surface area contributed by atoms with Crippen LogP contribution < -0.4 is 15.7 Å². The third-order valence-corrected chi connectivity index (χ3v) is 13.3. The fourth-order valence-electron chi connectivity index (χ4n) is 7.02. The summed E-state index contributed by atoms with van der Waals surface area (Å²) in [5.74, 6) is -1.24. The van der Waals surface area contributed by atoms with Crippen molar-refractivity contribution in [2.24, 2.45) is 22.7 Å². The van der Waals surface area contributed by atoms with Gasteiger partial charge in [0.1, 0.15) is 5.78 Å². The minimum Gasteiger partial charge on any atom is -0.392 e. The highest BCUT2D eigenvalue weighted by molar-refractivity contribution is 7.09. The Morgan fingerprint density at radius 2 is 1.60 bits per heavy atom. The number of aliphatic hydroxyl groups is 2. The first-order valence-electron chi connectivity index (χ1n) is 19.0. The molecule has 2 aliphatic rings. The van der Waals surface area contributed by atoms with Gasteiger partial charge in [-0.2, -0.15) is 0 Å². The summed E-state index contributed by atoms with van der Waals surface area (Å²) in [6, 6.07) is 18.9. The van der Waals surface area contributed by atoms with Crippen LogP contribution in [-0.2, 0) is 25.2 Å². The molecule has 2 aliphatic heterocycles. The number of benzene rings is 2. The molecular weight excluding hydrogens is 701 g/mol. The number of fused-ring (bicyclic) bond motifs is 1. The van der Waals surface area contributed by atoms with E-state index in [-0.39, 0.29) is 47.2 Å². The normalized spacial score (nSPS) is 28.5. The molecule has 1 amide bonds. The van der Waals surface area contributed by atoms with E-state index in [9.17, 15) is 24.3 Å². The summed E-state index contributed by atoms with van der Waals surface area (Å²) < 4.78 is 18.2. The van der Waals surface area contributed by atoms with Gasteiger partial charge < -0.3 is 24.7 Å². The van der Waals surface area contributed by atoms with Crippen LogP contribution in [0.4, 0.5) is 0 Å². The number of Topliss-reactive ketones (excluding diaryl/α,β-unsaturated/α-hetero) is 1. The number of hydrogen-bond acceptors (Lipinski definition) is 8. The molecule has 5 rings (SSSR count). The number of amides is 1. The number of carbonyl (C=O) groups is 2. The molecule has 0 spiro atoms. The SMILES string of the molecule is C/C(=C\c1csc(CC(C)(C)C)n1)[C@@H]1C[C@@H]2O[C@]2(C)CCC[C@H](C)[C@H](O)[C@@H](C)C(=O)C(C)(C)[C@@H](O)CC(=O)N1.O=[Si](c1ccccc1)c1ccccc1. The highest BCUT2D eigenvalue weighted by atomic mass is 32.1. The van der Waals surface area contributed by atoms with Gasteiger partial charge in [-0.15, -0.1) is 11.3 Å². The number of aliphatic hydroxyl groups excluding tert-OH is 2. The van der Waals surface area contributed by atoms with Crippen molar-refractivity contribution in [2.45, 2.75) is 131 Å². The predicted molar refractivity (Wildman–Crippen MR) is 215 cm³/mol. The number of epoxide rings is 1. The van der Waals surface area contributed by atoms with Crippen molar-refractivity contribution in [3.05, 3.63) is 82.3 Å². The first-order valence-corrected chi connectivity index (χ1v) is 21.2. The molecule has 53 heavy (non-hydrogen) atoms. The van der Waals surface area contributed by atoms with E-state index >= 15 is 0 Å². The lowest BCUT2D eigenvalue weighted by molar-refractivity contribution is -0.143. The molecule has 2 aromatic carbocycles. The maximum absolute atomic E-state index is 13.3.